The molecule has 0 heterocycles. The van der Waals surface area contributed by atoms with Gasteiger partial charge in [-0.3, -0.25) is 4.79 Å². The lowest BCUT2D eigenvalue weighted by Gasteiger charge is -2.23. The first kappa shape index (κ1) is 17.1. The third-order valence-corrected chi connectivity index (χ3v) is 2.93. The summed E-state index contributed by atoms with van der Waals surface area (Å²) in [5, 5.41) is 0. The van der Waals surface area contributed by atoms with Crippen LogP contribution in [0, 0.1) is 18.8 Å². The van der Waals surface area contributed by atoms with E-state index in [0.29, 0.717) is 11.1 Å². The molecule has 6 heteroatoms. The van der Waals surface area contributed by atoms with Gasteiger partial charge >= 0.3 is 6.18 Å². The van der Waals surface area contributed by atoms with Gasteiger partial charge in [-0.1, -0.05) is 17.9 Å². The predicted octanol–water partition coefficient (Wildman–Crippen LogP) is 2.33. The number of amides is 1. The number of carbonyl (C=O) groups excluding carboxylic acids is 1. The Kier molecular flexibility index (Phi) is 5.79. The van der Waals surface area contributed by atoms with Crippen LogP contribution < -0.4 is 5.73 Å². The number of nitrogens with zero attached hydrogens (tertiary/aromatic N) is 1. The van der Waals surface area contributed by atoms with E-state index in [9.17, 15) is 18.0 Å². The quantitative estimate of drug-likeness (QED) is 0.871. The highest BCUT2D eigenvalue weighted by molar-refractivity contribution is 5.96. The topological polar surface area (TPSA) is 46.3 Å². The van der Waals surface area contributed by atoms with Crippen molar-refractivity contribution in [2.45, 2.75) is 20.0 Å². The molecule has 0 radical (unpaired) electrons. The Morgan fingerprint density at radius 2 is 2.05 bits per heavy atom. The lowest BCUT2D eigenvalue weighted by molar-refractivity contribution is -0.140. The summed E-state index contributed by atoms with van der Waals surface area (Å²) < 4.78 is 37.5. The molecule has 21 heavy (non-hydrogen) atoms. The molecular formula is C15H17F3N2O. The highest BCUT2D eigenvalue weighted by atomic mass is 19.4. The standard InChI is InChI=1S/C15H17F3N2O/c1-3-20(10-15(16,17)18)14(21)13-8-4-6-12(11(13)2)7-5-9-19/h4,6,8H,3,9-10,19H2,1-2H3. The van der Waals surface area contributed by atoms with Crippen molar-refractivity contribution in [3.63, 3.8) is 0 Å². The molecule has 0 aromatic heterocycles. The average molecular weight is 298 g/mol. The Labute approximate surface area is 121 Å². The van der Waals surface area contributed by atoms with E-state index in [1.54, 1.807) is 19.1 Å². The number of rotatable bonds is 3. The summed E-state index contributed by atoms with van der Waals surface area (Å²) in [5.41, 5.74) is 6.67. The van der Waals surface area contributed by atoms with Crippen LogP contribution in [0.2, 0.25) is 0 Å². The molecule has 0 saturated carbocycles. The summed E-state index contributed by atoms with van der Waals surface area (Å²) in [4.78, 5) is 13.0. The van der Waals surface area contributed by atoms with Crippen molar-refractivity contribution in [2.75, 3.05) is 19.6 Å². The lowest BCUT2D eigenvalue weighted by Crippen LogP contribution is -2.39. The van der Waals surface area contributed by atoms with Crippen molar-refractivity contribution in [3.8, 4) is 11.8 Å². The van der Waals surface area contributed by atoms with Gasteiger partial charge in [0, 0.05) is 17.7 Å². The second-order valence-corrected chi connectivity index (χ2v) is 4.42. The third kappa shape index (κ3) is 4.80. The van der Waals surface area contributed by atoms with Gasteiger partial charge in [0.1, 0.15) is 6.54 Å². The van der Waals surface area contributed by atoms with Crippen molar-refractivity contribution in [1.82, 2.24) is 4.90 Å². The van der Waals surface area contributed by atoms with Crippen LogP contribution in [0.3, 0.4) is 0 Å². The molecular weight excluding hydrogens is 281 g/mol. The van der Waals surface area contributed by atoms with E-state index >= 15 is 0 Å². The van der Waals surface area contributed by atoms with Gasteiger partial charge in [-0.2, -0.15) is 13.2 Å². The predicted molar refractivity (Wildman–Crippen MR) is 74.7 cm³/mol. The van der Waals surface area contributed by atoms with E-state index in [0.717, 1.165) is 4.90 Å². The van der Waals surface area contributed by atoms with Crippen LogP contribution in [-0.2, 0) is 0 Å². The van der Waals surface area contributed by atoms with Gasteiger partial charge in [0.25, 0.3) is 5.91 Å². The van der Waals surface area contributed by atoms with Gasteiger partial charge in [0.15, 0.2) is 0 Å². The minimum atomic E-state index is -4.42. The van der Waals surface area contributed by atoms with E-state index in [1.807, 2.05) is 0 Å². The SMILES string of the molecule is CCN(CC(F)(F)F)C(=O)c1cccc(C#CCN)c1C. The van der Waals surface area contributed by atoms with Crippen LogP contribution in [0.5, 0.6) is 0 Å². The van der Waals surface area contributed by atoms with Crippen LogP contribution in [0.15, 0.2) is 18.2 Å². The maximum atomic E-state index is 12.5. The molecule has 1 amide bonds. The molecule has 1 aromatic carbocycles. The van der Waals surface area contributed by atoms with E-state index in [2.05, 4.69) is 11.8 Å². The number of nitrogens with two attached hydrogens (primary N) is 1. The molecule has 114 valence electrons. The molecule has 0 aliphatic heterocycles. The van der Waals surface area contributed by atoms with Crippen molar-refractivity contribution in [1.29, 1.82) is 0 Å². The highest BCUT2D eigenvalue weighted by Gasteiger charge is 2.33. The molecule has 1 rings (SSSR count). The van der Waals surface area contributed by atoms with E-state index in [-0.39, 0.29) is 18.7 Å². The first-order valence-corrected chi connectivity index (χ1v) is 6.44. The highest BCUT2D eigenvalue weighted by Crippen LogP contribution is 2.20. The molecule has 0 spiro atoms. The minimum absolute atomic E-state index is 0.0174. The molecule has 0 fully saturated rings. The first-order valence-electron chi connectivity index (χ1n) is 6.44. The summed E-state index contributed by atoms with van der Waals surface area (Å²) in [5.74, 6) is 4.82. The minimum Gasteiger partial charge on any atom is -0.330 e. The summed E-state index contributed by atoms with van der Waals surface area (Å²) in [6.45, 7) is 2.07. The van der Waals surface area contributed by atoms with Crippen LogP contribution in [-0.4, -0.2) is 36.6 Å². The second kappa shape index (κ2) is 7.14. The van der Waals surface area contributed by atoms with Crippen molar-refractivity contribution < 1.29 is 18.0 Å². The smallest absolute Gasteiger partial charge is 0.330 e. The summed E-state index contributed by atoms with van der Waals surface area (Å²) in [6.07, 6.45) is -4.42. The lowest BCUT2D eigenvalue weighted by atomic mass is 10.0. The zero-order chi connectivity index (χ0) is 16.0. The van der Waals surface area contributed by atoms with Gasteiger partial charge in [-0.25, -0.2) is 0 Å². The third-order valence-electron chi connectivity index (χ3n) is 2.93. The number of hydrogen-bond acceptors (Lipinski definition) is 2. The molecule has 0 aliphatic carbocycles. The zero-order valence-corrected chi connectivity index (χ0v) is 11.9. The largest absolute Gasteiger partial charge is 0.406 e. The van der Waals surface area contributed by atoms with Crippen LogP contribution in [0.25, 0.3) is 0 Å². The normalized spacial score (nSPS) is 10.8. The number of hydrogen-bond donors (Lipinski definition) is 1. The molecule has 0 saturated heterocycles. The Hall–Kier alpha value is -2.00. The summed E-state index contributed by atoms with van der Waals surface area (Å²) in [6, 6.07) is 4.81. The van der Waals surface area contributed by atoms with Crippen LogP contribution >= 0.6 is 0 Å². The van der Waals surface area contributed by atoms with Gasteiger partial charge < -0.3 is 10.6 Å². The zero-order valence-electron chi connectivity index (χ0n) is 11.9. The van der Waals surface area contributed by atoms with Crippen molar-refractivity contribution in [2.24, 2.45) is 5.73 Å². The fourth-order valence-electron chi connectivity index (χ4n) is 1.86. The van der Waals surface area contributed by atoms with Crippen LogP contribution in [0.1, 0.15) is 28.4 Å². The average Bonchev–Trinajstić information content (AvgIpc) is 2.42. The molecule has 0 bridgehead atoms. The Balaban J connectivity index is 3.12. The van der Waals surface area contributed by atoms with Gasteiger partial charge in [0.05, 0.1) is 6.54 Å². The number of alkyl halides is 3. The number of benzene rings is 1. The monoisotopic (exact) mass is 298 g/mol. The molecule has 3 nitrogen and oxygen atoms in total. The molecule has 0 aliphatic rings. The fraction of sp³-hybridized carbons (Fsp3) is 0.400. The van der Waals surface area contributed by atoms with Gasteiger partial charge in [-0.15, -0.1) is 0 Å². The second-order valence-electron chi connectivity index (χ2n) is 4.42. The van der Waals surface area contributed by atoms with Crippen molar-refractivity contribution in [3.05, 3.63) is 34.9 Å². The van der Waals surface area contributed by atoms with E-state index in [4.69, 9.17) is 5.73 Å². The Morgan fingerprint density at radius 3 is 2.57 bits per heavy atom. The summed E-state index contributed by atoms with van der Waals surface area (Å²) in [7, 11) is 0. The van der Waals surface area contributed by atoms with Gasteiger partial charge in [-0.05, 0) is 31.5 Å². The Morgan fingerprint density at radius 1 is 1.38 bits per heavy atom. The molecule has 0 atom stereocenters. The maximum Gasteiger partial charge on any atom is 0.406 e. The van der Waals surface area contributed by atoms with Crippen molar-refractivity contribution >= 4 is 5.91 Å². The number of carbonyl (C=O) groups is 1. The number of halogens is 3. The summed E-state index contributed by atoms with van der Waals surface area (Å²) >= 11 is 0. The Bertz CT molecular complexity index is 571. The molecule has 0 unspecified atom stereocenters. The fourth-order valence-corrected chi connectivity index (χ4v) is 1.86. The first-order chi connectivity index (χ1) is 9.80. The van der Waals surface area contributed by atoms with Crippen LogP contribution in [0.4, 0.5) is 13.2 Å². The van der Waals surface area contributed by atoms with E-state index < -0.39 is 18.6 Å². The maximum absolute atomic E-state index is 12.5. The molecule has 2 N–H and O–H groups in total. The molecule has 1 aromatic rings. The van der Waals surface area contributed by atoms with E-state index in [1.165, 1.54) is 13.0 Å². The van der Waals surface area contributed by atoms with Gasteiger partial charge in [0.2, 0.25) is 0 Å².